The summed E-state index contributed by atoms with van der Waals surface area (Å²) in [5.41, 5.74) is 4.33. The number of halogens is 2. The fourth-order valence-electron chi connectivity index (χ4n) is 3.69. The van der Waals surface area contributed by atoms with E-state index in [0.29, 0.717) is 16.6 Å². The Balaban J connectivity index is 0.000000145. The molecule has 0 aliphatic heterocycles. The predicted molar refractivity (Wildman–Crippen MR) is 158 cm³/mol. The number of rotatable bonds is 2. The van der Waals surface area contributed by atoms with E-state index in [1.165, 1.54) is 0 Å². The number of nitrogens with one attached hydrogen (secondary N) is 1. The zero-order valence-electron chi connectivity index (χ0n) is 20.2. The summed E-state index contributed by atoms with van der Waals surface area (Å²) in [6.07, 6.45) is 6.91. The van der Waals surface area contributed by atoms with Crippen molar-refractivity contribution in [1.29, 1.82) is 10.5 Å². The van der Waals surface area contributed by atoms with E-state index in [1.807, 2.05) is 65.4 Å². The Labute approximate surface area is 241 Å². The minimum atomic E-state index is -1.38. The molecule has 2 aromatic carbocycles. The van der Waals surface area contributed by atoms with Crippen LogP contribution in [-0.4, -0.2) is 36.7 Å². The first-order valence-corrected chi connectivity index (χ1v) is 13.1. The van der Waals surface area contributed by atoms with Crippen LogP contribution in [0.5, 0.6) is 0 Å². The molecule has 6 aromatic rings. The van der Waals surface area contributed by atoms with Gasteiger partial charge in [-0.25, -0.2) is 9.97 Å². The number of benzene rings is 2. The number of fused-ring (bicyclic) bond motifs is 2. The topological polar surface area (TPSA) is 135 Å². The molecule has 4 aromatic heterocycles. The van der Waals surface area contributed by atoms with Crippen LogP contribution in [0.25, 0.3) is 27.8 Å². The van der Waals surface area contributed by atoms with Gasteiger partial charge >= 0.3 is 7.12 Å². The van der Waals surface area contributed by atoms with Gasteiger partial charge in [0.05, 0.1) is 11.1 Å². The van der Waals surface area contributed by atoms with E-state index < -0.39 is 7.12 Å². The summed E-state index contributed by atoms with van der Waals surface area (Å²) < 4.78 is 3.77. The number of H-pyrrole nitrogens is 1. The van der Waals surface area contributed by atoms with E-state index in [2.05, 4.69) is 59.0 Å². The molecule has 11 heteroatoms. The Bertz CT molecular complexity index is 1820. The standard InChI is InChI=1S/C14H8BrN3.C8H5N3.C6H6BBrO2/c15-11-3-1-4-12(7-11)18-9-10(8-16)13-5-2-6-17-14(13)18;9-4-6-5-11-8-7(6)2-1-3-10-8;8-6-3-1-2-5(4-6)7(9)10/h1-7,9H;1-3,5H,(H,10,11);1-4,9-10H. The van der Waals surface area contributed by atoms with E-state index in [9.17, 15) is 0 Å². The second kappa shape index (κ2) is 13.0. The smallest absolute Gasteiger partial charge is 0.423 e. The lowest BCUT2D eigenvalue weighted by Gasteiger charge is -2.04. The maximum atomic E-state index is 9.15. The van der Waals surface area contributed by atoms with Crippen molar-refractivity contribution in [3.8, 4) is 17.8 Å². The van der Waals surface area contributed by atoms with Crippen LogP contribution in [0.1, 0.15) is 11.1 Å². The summed E-state index contributed by atoms with van der Waals surface area (Å²) >= 11 is 6.66. The molecule has 0 spiro atoms. The first-order valence-electron chi connectivity index (χ1n) is 11.5. The highest BCUT2D eigenvalue weighted by atomic mass is 79.9. The number of hydrogen-bond donors (Lipinski definition) is 3. The zero-order chi connectivity index (χ0) is 27.8. The molecule has 190 valence electrons. The quantitative estimate of drug-likeness (QED) is 0.222. The van der Waals surface area contributed by atoms with Crippen LogP contribution >= 0.6 is 31.9 Å². The van der Waals surface area contributed by atoms with E-state index in [4.69, 9.17) is 20.6 Å². The highest BCUT2D eigenvalue weighted by molar-refractivity contribution is 9.10. The summed E-state index contributed by atoms with van der Waals surface area (Å²) in [5, 5.41) is 36.9. The normalized spacial score (nSPS) is 10.0. The molecule has 3 N–H and O–H groups in total. The third kappa shape index (κ3) is 6.79. The molecular weight excluding hydrogens is 623 g/mol. The fraction of sp³-hybridized carbons (Fsp3) is 0. The van der Waals surface area contributed by atoms with Crippen molar-refractivity contribution in [2.75, 3.05) is 0 Å². The van der Waals surface area contributed by atoms with Crippen molar-refractivity contribution in [3.05, 3.63) is 118 Å². The highest BCUT2D eigenvalue weighted by Gasteiger charge is 2.10. The summed E-state index contributed by atoms with van der Waals surface area (Å²) in [4.78, 5) is 11.3. The van der Waals surface area contributed by atoms with E-state index in [1.54, 1.807) is 36.8 Å². The molecule has 0 unspecified atom stereocenters. The van der Waals surface area contributed by atoms with E-state index in [0.717, 1.165) is 36.7 Å². The summed E-state index contributed by atoms with van der Waals surface area (Å²) in [6.45, 7) is 0. The van der Waals surface area contributed by atoms with Crippen LogP contribution in [0.3, 0.4) is 0 Å². The molecule has 6 rings (SSSR count). The highest BCUT2D eigenvalue weighted by Crippen LogP contribution is 2.24. The summed E-state index contributed by atoms with van der Waals surface area (Å²) in [5.74, 6) is 0. The Morgan fingerprint density at radius 2 is 1.46 bits per heavy atom. The predicted octanol–water partition coefficient (Wildman–Crippen LogP) is 5.22. The van der Waals surface area contributed by atoms with Crippen molar-refractivity contribution in [2.24, 2.45) is 0 Å². The van der Waals surface area contributed by atoms with E-state index >= 15 is 0 Å². The van der Waals surface area contributed by atoms with Crippen LogP contribution in [0.15, 0.2) is 107 Å². The third-order valence-corrected chi connectivity index (χ3v) is 6.47. The van der Waals surface area contributed by atoms with Crippen LogP contribution < -0.4 is 5.46 Å². The average molecular weight is 642 g/mol. The van der Waals surface area contributed by atoms with Gasteiger partial charge in [0.2, 0.25) is 0 Å². The van der Waals surface area contributed by atoms with Crippen LogP contribution in [0, 0.1) is 22.7 Å². The Hall–Kier alpha value is -4.26. The van der Waals surface area contributed by atoms with Crippen molar-refractivity contribution < 1.29 is 10.0 Å². The molecule has 8 nitrogen and oxygen atoms in total. The fourth-order valence-corrected chi connectivity index (χ4v) is 4.49. The largest absolute Gasteiger partial charge is 0.488 e. The molecule has 0 radical (unpaired) electrons. The Morgan fingerprint density at radius 1 is 0.795 bits per heavy atom. The molecule has 0 fully saturated rings. The molecule has 0 aliphatic carbocycles. The third-order valence-electron chi connectivity index (χ3n) is 5.49. The van der Waals surface area contributed by atoms with Gasteiger partial charge in [-0.2, -0.15) is 10.5 Å². The van der Waals surface area contributed by atoms with Gasteiger partial charge in [-0.05, 0) is 60.1 Å². The number of nitriles is 2. The maximum absolute atomic E-state index is 9.15. The second-order valence-electron chi connectivity index (χ2n) is 8.02. The number of aromatic nitrogens is 4. The van der Waals surface area contributed by atoms with Crippen LogP contribution in [0.4, 0.5) is 0 Å². The molecule has 0 saturated heterocycles. The summed E-state index contributed by atoms with van der Waals surface area (Å²) in [6, 6.07) is 26.5. The van der Waals surface area contributed by atoms with Gasteiger partial charge in [0, 0.05) is 50.2 Å². The minimum absolute atomic E-state index is 0.495. The average Bonchev–Trinajstić information content (AvgIpc) is 3.55. The van der Waals surface area contributed by atoms with Crippen LogP contribution in [0.2, 0.25) is 0 Å². The lowest BCUT2D eigenvalue weighted by Crippen LogP contribution is -2.29. The molecular formula is C28H19BBr2N6O2. The van der Waals surface area contributed by atoms with Crippen molar-refractivity contribution in [2.45, 2.75) is 0 Å². The van der Waals surface area contributed by atoms with Gasteiger partial charge in [0.1, 0.15) is 23.4 Å². The first-order chi connectivity index (χ1) is 18.9. The van der Waals surface area contributed by atoms with Gasteiger partial charge in [-0.3, -0.25) is 4.57 Å². The molecule has 0 atom stereocenters. The molecule has 39 heavy (non-hydrogen) atoms. The van der Waals surface area contributed by atoms with Crippen molar-refractivity contribution in [1.82, 2.24) is 19.5 Å². The zero-order valence-corrected chi connectivity index (χ0v) is 23.4. The molecule has 0 saturated carbocycles. The van der Waals surface area contributed by atoms with Gasteiger partial charge in [-0.1, -0.05) is 50.1 Å². The Morgan fingerprint density at radius 3 is 2.10 bits per heavy atom. The number of aromatic amines is 1. The monoisotopic (exact) mass is 640 g/mol. The molecule has 0 aliphatic rings. The van der Waals surface area contributed by atoms with Gasteiger partial charge in [0.15, 0.2) is 0 Å². The molecule has 0 bridgehead atoms. The van der Waals surface area contributed by atoms with E-state index in [-0.39, 0.29) is 0 Å². The van der Waals surface area contributed by atoms with Gasteiger partial charge < -0.3 is 15.0 Å². The second-order valence-corrected chi connectivity index (χ2v) is 9.85. The number of nitrogens with zero attached hydrogens (tertiary/aromatic N) is 5. The molecule has 0 amide bonds. The number of hydrogen-bond acceptors (Lipinski definition) is 6. The SMILES string of the molecule is N#Cc1c[nH]c2ncccc12.N#Cc1cn(-c2cccc(Br)c2)c2ncccc12.OB(O)c1cccc(Br)c1. The van der Waals surface area contributed by atoms with Crippen LogP contribution in [-0.2, 0) is 0 Å². The lowest BCUT2D eigenvalue weighted by molar-refractivity contribution is 0.426. The minimum Gasteiger partial charge on any atom is -0.423 e. The van der Waals surface area contributed by atoms with Crippen molar-refractivity contribution in [3.63, 3.8) is 0 Å². The lowest BCUT2D eigenvalue weighted by atomic mass is 9.81. The number of pyridine rings is 2. The van der Waals surface area contributed by atoms with Gasteiger partial charge in [-0.15, -0.1) is 0 Å². The first kappa shape index (κ1) is 27.8. The maximum Gasteiger partial charge on any atom is 0.488 e. The van der Waals surface area contributed by atoms with Crippen molar-refractivity contribution >= 4 is 66.5 Å². The summed E-state index contributed by atoms with van der Waals surface area (Å²) in [7, 11) is -1.38. The molecule has 4 heterocycles. The Kier molecular flexibility index (Phi) is 9.26. The van der Waals surface area contributed by atoms with Gasteiger partial charge in [0.25, 0.3) is 0 Å².